The average molecular weight is 344 g/mol. The van der Waals surface area contributed by atoms with Gasteiger partial charge in [0.2, 0.25) is 5.75 Å². The van der Waals surface area contributed by atoms with Crippen molar-refractivity contribution in [2.24, 2.45) is 0 Å². The number of aryl methyl sites for hydroxylation is 2. The Hall–Kier alpha value is -2.89. The van der Waals surface area contributed by atoms with Crippen LogP contribution in [0.2, 0.25) is 0 Å². The molecule has 0 saturated carbocycles. The molecule has 0 fully saturated rings. The summed E-state index contributed by atoms with van der Waals surface area (Å²) in [5, 5.41) is 5.70. The Morgan fingerprint density at radius 2 is 1.60 bits per heavy atom. The van der Waals surface area contributed by atoms with Gasteiger partial charge in [-0.1, -0.05) is 12.1 Å². The molecule has 134 valence electrons. The normalized spacial score (nSPS) is 10.1. The van der Waals surface area contributed by atoms with Gasteiger partial charge in [-0.3, -0.25) is 0 Å². The second kappa shape index (κ2) is 8.28. The number of methoxy groups -OCH3 is 3. The summed E-state index contributed by atoms with van der Waals surface area (Å²) in [5.41, 5.74) is 3.73. The highest BCUT2D eigenvalue weighted by atomic mass is 16.5. The van der Waals surface area contributed by atoms with Crippen molar-refractivity contribution >= 4 is 11.7 Å². The molecular formula is C19H24N2O4. The SMILES string of the molecule is COc1cc(CNC(=O)Nc2cc(C)ccc2C)cc(OC)c1OC. The number of hydrogen-bond donors (Lipinski definition) is 2. The zero-order valence-electron chi connectivity index (χ0n) is 15.2. The van der Waals surface area contributed by atoms with Gasteiger partial charge < -0.3 is 24.8 Å². The maximum atomic E-state index is 12.2. The van der Waals surface area contributed by atoms with E-state index in [1.165, 1.54) is 0 Å². The molecule has 0 bridgehead atoms. The van der Waals surface area contributed by atoms with Crippen molar-refractivity contribution in [3.05, 3.63) is 47.0 Å². The van der Waals surface area contributed by atoms with Crippen LogP contribution in [0.15, 0.2) is 30.3 Å². The topological polar surface area (TPSA) is 68.8 Å². The molecule has 25 heavy (non-hydrogen) atoms. The van der Waals surface area contributed by atoms with E-state index in [9.17, 15) is 4.79 Å². The molecule has 6 nitrogen and oxygen atoms in total. The predicted molar refractivity (Wildman–Crippen MR) is 97.9 cm³/mol. The van der Waals surface area contributed by atoms with E-state index >= 15 is 0 Å². The molecule has 0 aromatic heterocycles. The third kappa shape index (κ3) is 4.56. The number of anilines is 1. The molecule has 0 spiro atoms. The smallest absolute Gasteiger partial charge is 0.319 e. The molecular weight excluding hydrogens is 320 g/mol. The Morgan fingerprint density at radius 1 is 0.960 bits per heavy atom. The Kier molecular flexibility index (Phi) is 6.11. The molecule has 0 aliphatic carbocycles. The molecule has 6 heteroatoms. The number of hydrogen-bond acceptors (Lipinski definition) is 4. The molecule has 0 aliphatic rings. The van der Waals surface area contributed by atoms with E-state index in [1.807, 2.05) is 32.0 Å². The fourth-order valence-electron chi connectivity index (χ4n) is 2.46. The standard InChI is InChI=1S/C19H24N2O4/c1-12-6-7-13(2)15(8-12)21-19(22)20-11-14-9-16(23-3)18(25-5)17(10-14)24-4/h6-10H,11H2,1-5H3,(H2,20,21,22). The first-order valence-corrected chi connectivity index (χ1v) is 7.89. The molecule has 2 rings (SSSR count). The van der Waals surface area contributed by atoms with Gasteiger partial charge in [-0.15, -0.1) is 0 Å². The summed E-state index contributed by atoms with van der Waals surface area (Å²) in [6.07, 6.45) is 0. The molecule has 0 aliphatic heterocycles. The lowest BCUT2D eigenvalue weighted by Gasteiger charge is -2.15. The lowest BCUT2D eigenvalue weighted by Crippen LogP contribution is -2.28. The summed E-state index contributed by atoms with van der Waals surface area (Å²) < 4.78 is 15.9. The van der Waals surface area contributed by atoms with Crippen LogP contribution in [0.5, 0.6) is 17.2 Å². The monoisotopic (exact) mass is 344 g/mol. The average Bonchev–Trinajstić information content (AvgIpc) is 2.61. The van der Waals surface area contributed by atoms with Crippen molar-refractivity contribution in [1.82, 2.24) is 5.32 Å². The van der Waals surface area contributed by atoms with E-state index in [2.05, 4.69) is 10.6 Å². The van der Waals surface area contributed by atoms with Gasteiger partial charge in [-0.2, -0.15) is 0 Å². The zero-order valence-corrected chi connectivity index (χ0v) is 15.2. The van der Waals surface area contributed by atoms with Crippen LogP contribution >= 0.6 is 0 Å². The van der Waals surface area contributed by atoms with Crippen molar-refractivity contribution in [2.75, 3.05) is 26.6 Å². The molecule has 0 saturated heterocycles. The minimum atomic E-state index is -0.276. The molecule has 2 N–H and O–H groups in total. The third-order valence-electron chi connectivity index (χ3n) is 3.82. The summed E-state index contributed by atoms with van der Waals surface area (Å²) in [5.74, 6) is 1.62. The first-order valence-electron chi connectivity index (χ1n) is 7.89. The largest absolute Gasteiger partial charge is 0.493 e. The van der Waals surface area contributed by atoms with Gasteiger partial charge >= 0.3 is 6.03 Å². The highest BCUT2D eigenvalue weighted by Gasteiger charge is 2.13. The molecule has 0 heterocycles. The fraction of sp³-hybridized carbons (Fsp3) is 0.316. The van der Waals surface area contributed by atoms with Crippen LogP contribution in [0.4, 0.5) is 10.5 Å². The van der Waals surface area contributed by atoms with E-state index in [1.54, 1.807) is 33.5 Å². The lowest BCUT2D eigenvalue weighted by atomic mass is 10.1. The van der Waals surface area contributed by atoms with Crippen molar-refractivity contribution < 1.29 is 19.0 Å². The van der Waals surface area contributed by atoms with Crippen molar-refractivity contribution in [3.63, 3.8) is 0 Å². The Labute approximate surface area is 148 Å². The van der Waals surface area contributed by atoms with Gasteiger partial charge in [0, 0.05) is 12.2 Å². The van der Waals surface area contributed by atoms with E-state index in [4.69, 9.17) is 14.2 Å². The van der Waals surface area contributed by atoms with Crippen LogP contribution in [-0.2, 0) is 6.54 Å². The number of carbonyl (C=O) groups is 1. The Bertz CT molecular complexity index is 734. The van der Waals surface area contributed by atoms with E-state index in [0.717, 1.165) is 22.4 Å². The number of nitrogens with one attached hydrogen (secondary N) is 2. The third-order valence-corrected chi connectivity index (χ3v) is 3.82. The van der Waals surface area contributed by atoms with Crippen molar-refractivity contribution in [1.29, 1.82) is 0 Å². The number of benzene rings is 2. The van der Waals surface area contributed by atoms with Gasteiger partial charge in [-0.25, -0.2) is 4.79 Å². The summed E-state index contributed by atoms with van der Waals surface area (Å²) in [4.78, 5) is 12.2. The Morgan fingerprint density at radius 3 is 2.16 bits per heavy atom. The molecule has 2 aromatic carbocycles. The minimum Gasteiger partial charge on any atom is -0.493 e. The zero-order chi connectivity index (χ0) is 18.4. The minimum absolute atomic E-state index is 0.276. The van der Waals surface area contributed by atoms with Gasteiger partial charge in [0.05, 0.1) is 21.3 Å². The van der Waals surface area contributed by atoms with Gasteiger partial charge in [0.15, 0.2) is 11.5 Å². The van der Waals surface area contributed by atoms with Crippen LogP contribution in [0.25, 0.3) is 0 Å². The van der Waals surface area contributed by atoms with Crippen LogP contribution in [0, 0.1) is 13.8 Å². The first kappa shape index (κ1) is 18.4. The summed E-state index contributed by atoms with van der Waals surface area (Å²) in [6.45, 7) is 4.26. The number of urea groups is 1. The number of carbonyl (C=O) groups excluding carboxylic acids is 1. The molecule has 2 aromatic rings. The van der Waals surface area contributed by atoms with Crippen LogP contribution in [-0.4, -0.2) is 27.4 Å². The second-order valence-corrected chi connectivity index (χ2v) is 5.66. The van der Waals surface area contributed by atoms with Gasteiger partial charge in [-0.05, 0) is 48.7 Å². The lowest BCUT2D eigenvalue weighted by molar-refractivity contribution is 0.251. The highest BCUT2D eigenvalue weighted by molar-refractivity contribution is 5.90. The summed E-state index contributed by atoms with van der Waals surface area (Å²) >= 11 is 0. The van der Waals surface area contributed by atoms with E-state index < -0.39 is 0 Å². The highest BCUT2D eigenvalue weighted by Crippen LogP contribution is 2.38. The predicted octanol–water partition coefficient (Wildman–Crippen LogP) is 3.65. The molecule has 0 unspecified atom stereocenters. The van der Waals surface area contributed by atoms with Crippen LogP contribution in [0.3, 0.4) is 0 Å². The van der Waals surface area contributed by atoms with Gasteiger partial charge in [0.1, 0.15) is 0 Å². The molecule has 2 amide bonds. The Balaban J connectivity index is 2.07. The fourth-order valence-corrected chi connectivity index (χ4v) is 2.46. The van der Waals surface area contributed by atoms with Crippen molar-refractivity contribution in [2.45, 2.75) is 20.4 Å². The maximum Gasteiger partial charge on any atom is 0.319 e. The van der Waals surface area contributed by atoms with Crippen LogP contribution in [0.1, 0.15) is 16.7 Å². The number of rotatable bonds is 6. The summed E-state index contributed by atoms with van der Waals surface area (Å²) in [6, 6.07) is 9.26. The van der Waals surface area contributed by atoms with E-state index in [-0.39, 0.29) is 6.03 Å². The van der Waals surface area contributed by atoms with Crippen LogP contribution < -0.4 is 24.8 Å². The molecule has 0 atom stereocenters. The summed E-state index contributed by atoms with van der Waals surface area (Å²) in [7, 11) is 4.67. The first-order chi connectivity index (χ1) is 12.0. The molecule has 0 radical (unpaired) electrons. The van der Waals surface area contributed by atoms with E-state index in [0.29, 0.717) is 23.8 Å². The second-order valence-electron chi connectivity index (χ2n) is 5.66. The quantitative estimate of drug-likeness (QED) is 0.839. The van der Waals surface area contributed by atoms with Crippen molar-refractivity contribution in [3.8, 4) is 17.2 Å². The number of amides is 2. The number of ether oxygens (including phenoxy) is 3. The maximum absolute atomic E-state index is 12.2. The van der Waals surface area contributed by atoms with Gasteiger partial charge in [0.25, 0.3) is 0 Å².